The van der Waals surface area contributed by atoms with Crippen LogP contribution in [0.1, 0.15) is 48.0 Å². The molecule has 2 aliphatic heterocycles. The third kappa shape index (κ3) is 3.94. The van der Waals surface area contributed by atoms with Crippen LogP contribution in [0, 0.1) is 18.8 Å². The molecule has 0 unspecified atom stereocenters. The maximum Gasteiger partial charge on any atom is 0.255 e. The number of aromatic nitrogens is 3. The van der Waals surface area contributed by atoms with Crippen LogP contribution in [0.3, 0.4) is 0 Å². The third-order valence-electron chi connectivity index (χ3n) is 7.07. The fourth-order valence-corrected chi connectivity index (χ4v) is 5.49. The van der Waals surface area contributed by atoms with Crippen LogP contribution in [0.25, 0.3) is 0 Å². The lowest BCUT2D eigenvalue weighted by atomic mass is 9.78. The van der Waals surface area contributed by atoms with Crippen molar-refractivity contribution in [2.24, 2.45) is 11.8 Å². The van der Waals surface area contributed by atoms with Crippen LogP contribution in [0.4, 0.5) is 0 Å². The molecule has 2 aromatic heterocycles. The lowest BCUT2D eigenvalue weighted by molar-refractivity contribution is -0.145. The Kier molecular flexibility index (Phi) is 5.22. The summed E-state index contributed by atoms with van der Waals surface area (Å²) >= 11 is 0. The standard InChI is InChI=1S/C23H31N5O3/c1-14-8-24-21(25-14)13-26(2)11-16-3-4-20-18-5-15(10-28(20)23(16)31)9-27(12-18)22(30)17-6-19(29)7-17/h3-4,8,15,17-19,29H,5-7,9-13H2,1-2H3,(H,24,25)/t15-,17?,18+,19?/m0/s1. The number of piperidine rings is 1. The number of aromatic amines is 1. The second-order valence-corrected chi connectivity index (χ2v) is 9.75. The SMILES string of the molecule is Cc1cnc(CN(C)Cc2ccc3n(c2=O)C[C@H]2C[C@@H]3CN(C(=O)C3CC(O)C3)C2)[nH]1. The van der Waals surface area contributed by atoms with Gasteiger partial charge in [-0.3, -0.25) is 14.5 Å². The minimum absolute atomic E-state index is 0.0214. The maximum absolute atomic E-state index is 13.3. The fraction of sp³-hybridized carbons (Fsp3) is 0.609. The fourth-order valence-electron chi connectivity index (χ4n) is 5.49. The van der Waals surface area contributed by atoms with Crippen molar-refractivity contribution >= 4 is 5.91 Å². The molecule has 1 amide bonds. The highest BCUT2D eigenvalue weighted by atomic mass is 16.3. The largest absolute Gasteiger partial charge is 0.393 e. The minimum atomic E-state index is -0.314. The smallest absolute Gasteiger partial charge is 0.255 e. The molecule has 0 spiro atoms. The van der Waals surface area contributed by atoms with Crippen LogP contribution in [0.2, 0.25) is 0 Å². The topological polar surface area (TPSA) is 94.5 Å². The Morgan fingerprint density at radius 1 is 1.23 bits per heavy atom. The van der Waals surface area contributed by atoms with E-state index in [0.29, 0.717) is 44.9 Å². The molecule has 2 N–H and O–H groups in total. The molecule has 8 heteroatoms. The second-order valence-electron chi connectivity index (χ2n) is 9.75. The number of aliphatic hydroxyl groups excluding tert-OH is 1. The molecule has 0 radical (unpaired) electrons. The minimum Gasteiger partial charge on any atom is -0.393 e. The van der Waals surface area contributed by atoms with Crippen LogP contribution in [-0.4, -0.2) is 61.6 Å². The first kappa shape index (κ1) is 20.5. The Morgan fingerprint density at radius 2 is 2.03 bits per heavy atom. The van der Waals surface area contributed by atoms with Crippen molar-refractivity contribution in [2.75, 3.05) is 20.1 Å². The summed E-state index contributed by atoms with van der Waals surface area (Å²) < 4.78 is 1.95. The van der Waals surface area contributed by atoms with Gasteiger partial charge >= 0.3 is 0 Å². The molecule has 3 aliphatic rings. The number of nitrogens with one attached hydrogen (secondary N) is 1. The molecule has 1 saturated carbocycles. The Bertz CT molecular complexity index is 1040. The summed E-state index contributed by atoms with van der Waals surface area (Å²) in [6.07, 6.45) is 3.72. The monoisotopic (exact) mass is 425 g/mol. The van der Waals surface area contributed by atoms with E-state index < -0.39 is 0 Å². The number of likely N-dealkylation sites (tertiary alicyclic amines) is 1. The Hall–Kier alpha value is -2.45. The molecule has 0 aromatic carbocycles. The van der Waals surface area contributed by atoms with Crippen LogP contribution in [0.15, 0.2) is 23.1 Å². The molecule has 1 aliphatic carbocycles. The lowest BCUT2D eigenvalue weighted by Crippen LogP contribution is -2.52. The first-order chi connectivity index (χ1) is 14.9. The number of aliphatic hydroxyl groups is 1. The van der Waals surface area contributed by atoms with E-state index in [2.05, 4.69) is 20.9 Å². The van der Waals surface area contributed by atoms with E-state index in [4.69, 9.17) is 0 Å². The number of amides is 1. The first-order valence-electron chi connectivity index (χ1n) is 11.3. The maximum atomic E-state index is 13.3. The van der Waals surface area contributed by atoms with Crippen molar-refractivity contribution in [1.29, 1.82) is 0 Å². The number of nitrogens with zero attached hydrogens (tertiary/aromatic N) is 4. The van der Waals surface area contributed by atoms with Crippen LogP contribution >= 0.6 is 0 Å². The van der Waals surface area contributed by atoms with E-state index in [1.807, 2.05) is 35.7 Å². The molecule has 2 atom stereocenters. The number of pyridine rings is 1. The highest BCUT2D eigenvalue weighted by Gasteiger charge is 2.41. The van der Waals surface area contributed by atoms with Crippen molar-refractivity contribution in [1.82, 2.24) is 24.3 Å². The Labute approximate surface area is 181 Å². The molecular formula is C23H31N5O3. The van der Waals surface area contributed by atoms with Gasteiger partial charge in [0.25, 0.3) is 5.56 Å². The molecule has 31 heavy (non-hydrogen) atoms. The predicted molar refractivity (Wildman–Crippen MR) is 115 cm³/mol. The molecule has 2 aromatic rings. The molecule has 5 rings (SSSR count). The number of rotatable bonds is 5. The molecular weight excluding hydrogens is 394 g/mol. The summed E-state index contributed by atoms with van der Waals surface area (Å²) in [5.41, 5.74) is 2.98. The number of H-pyrrole nitrogens is 1. The Balaban J connectivity index is 1.30. The highest BCUT2D eigenvalue weighted by Crippen LogP contribution is 2.37. The van der Waals surface area contributed by atoms with Crippen molar-refractivity contribution in [3.63, 3.8) is 0 Å². The zero-order valence-corrected chi connectivity index (χ0v) is 18.3. The lowest BCUT2D eigenvalue weighted by Gasteiger charge is -2.45. The van der Waals surface area contributed by atoms with Crippen molar-refractivity contribution in [3.05, 3.63) is 51.5 Å². The Morgan fingerprint density at radius 3 is 2.74 bits per heavy atom. The number of hydrogen-bond donors (Lipinski definition) is 2. The summed E-state index contributed by atoms with van der Waals surface area (Å²) in [5, 5.41) is 9.54. The van der Waals surface area contributed by atoms with Crippen LogP contribution in [-0.2, 0) is 24.4 Å². The summed E-state index contributed by atoms with van der Waals surface area (Å²) in [6, 6.07) is 4.05. The van der Waals surface area contributed by atoms with Crippen LogP contribution < -0.4 is 5.56 Å². The van der Waals surface area contributed by atoms with E-state index in [-0.39, 0.29) is 29.4 Å². The van der Waals surface area contributed by atoms with Gasteiger partial charge < -0.3 is 19.6 Å². The van der Waals surface area contributed by atoms with E-state index in [1.54, 1.807) is 0 Å². The van der Waals surface area contributed by atoms with E-state index >= 15 is 0 Å². The molecule has 2 fully saturated rings. The van der Waals surface area contributed by atoms with Gasteiger partial charge in [0.2, 0.25) is 5.91 Å². The average Bonchev–Trinajstić information content (AvgIpc) is 3.12. The number of imidazole rings is 1. The third-order valence-corrected chi connectivity index (χ3v) is 7.07. The summed E-state index contributed by atoms with van der Waals surface area (Å²) in [4.78, 5) is 37.7. The number of aryl methyl sites for hydroxylation is 1. The molecule has 8 nitrogen and oxygen atoms in total. The van der Waals surface area contributed by atoms with E-state index in [1.165, 1.54) is 0 Å². The van der Waals surface area contributed by atoms with E-state index in [0.717, 1.165) is 35.7 Å². The van der Waals surface area contributed by atoms with Crippen molar-refractivity contribution in [3.8, 4) is 0 Å². The highest BCUT2D eigenvalue weighted by molar-refractivity contribution is 5.80. The quantitative estimate of drug-likeness (QED) is 0.751. The summed E-state index contributed by atoms with van der Waals surface area (Å²) in [5.74, 6) is 1.59. The zero-order valence-electron chi connectivity index (χ0n) is 18.3. The van der Waals surface area contributed by atoms with Crippen LogP contribution in [0.5, 0.6) is 0 Å². The van der Waals surface area contributed by atoms with Gasteiger partial charge in [-0.1, -0.05) is 6.07 Å². The zero-order chi connectivity index (χ0) is 21.7. The predicted octanol–water partition coefficient (Wildman–Crippen LogP) is 1.23. The van der Waals surface area contributed by atoms with Gasteiger partial charge in [0.1, 0.15) is 5.82 Å². The van der Waals surface area contributed by atoms with Crippen molar-refractivity contribution in [2.45, 2.75) is 57.8 Å². The van der Waals surface area contributed by atoms with Gasteiger partial charge in [0.05, 0.1) is 12.6 Å². The van der Waals surface area contributed by atoms with Gasteiger partial charge in [0, 0.05) is 61.2 Å². The normalized spacial score (nSPS) is 27.2. The summed E-state index contributed by atoms with van der Waals surface area (Å²) in [6.45, 7) is 5.29. The molecule has 166 valence electrons. The van der Waals surface area contributed by atoms with Gasteiger partial charge in [0.15, 0.2) is 0 Å². The summed E-state index contributed by atoms with van der Waals surface area (Å²) in [7, 11) is 2.00. The molecule has 4 heterocycles. The number of fused-ring (bicyclic) bond motifs is 4. The number of hydrogen-bond acceptors (Lipinski definition) is 5. The van der Waals surface area contributed by atoms with Gasteiger partial charge in [-0.25, -0.2) is 4.98 Å². The second kappa shape index (κ2) is 7.91. The van der Waals surface area contributed by atoms with Gasteiger partial charge in [-0.05, 0) is 45.2 Å². The van der Waals surface area contributed by atoms with Gasteiger partial charge in [-0.2, -0.15) is 0 Å². The van der Waals surface area contributed by atoms with Gasteiger partial charge in [-0.15, -0.1) is 0 Å². The van der Waals surface area contributed by atoms with Crippen molar-refractivity contribution < 1.29 is 9.90 Å². The average molecular weight is 426 g/mol. The number of carbonyl (C=O) groups is 1. The number of carbonyl (C=O) groups excluding carboxylic acids is 1. The van der Waals surface area contributed by atoms with E-state index in [9.17, 15) is 14.7 Å². The molecule has 2 bridgehead atoms. The molecule has 1 saturated heterocycles. The first-order valence-corrected chi connectivity index (χ1v) is 11.3.